The summed E-state index contributed by atoms with van der Waals surface area (Å²) < 4.78 is 0. The Kier molecular flexibility index (Phi) is 5.22. The van der Waals surface area contributed by atoms with Crippen molar-refractivity contribution in [2.75, 3.05) is 13.1 Å². The summed E-state index contributed by atoms with van der Waals surface area (Å²) in [7, 11) is 0. The number of nitrogens with zero attached hydrogens (tertiary/aromatic N) is 1. The smallest absolute Gasteiger partial charge is 0.308 e. The lowest BCUT2D eigenvalue weighted by molar-refractivity contribution is -0.142. The van der Waals surface area contributed by atoms with Gasteiger partial charge in [-0.1, -0.05) is 45.0 Å². The van der Waals surface area contributed by atoms with Crippen molar-refractivity contribution in [3.05, 3.63) is 35.4 Å². The molecule has 1 unspecified atom stereocenters. The number of hydrogen-bond acceptors (Lipinski definition) is 2. The van der Waals surface area contributed by atoms with Crippen molar-refractivity contribution >= 4 is 11.9 Å². The maximum absolute atomic E-state index is 12.4. The van der Waals surface area contributed by atoms with Crippen LogP contribution in [0.2, 0.25) is 0 Å². The van der Waals surface area contributed by atoms with Crippen LogP contribution in [0.25, 0.3) is 0 Å². The molecule has 4 heteroatoms. The molecule has 0 spiro atoms. The molecule has 2 rings (SSSR count). The number of amides is 1. The fraction of sp³-hybridized carbons (Fsp3) is 0.556. The van der Waals surface area contributed by atoms with E-state index >= 15 is 0 Å². The van der Waals surface area contributed by atoms with Crippen LogP contribution in [0.15, 0.2) is 24.3 Å². The van der Waals surface area contributed by atoms with Gasteiger partial charge >= 0.3 is 5.97 Å². The van der Waals surface area contributed by atoms with Crippen LogP contribution in [0, 0.1) is 11.8 Å². The van der Waals surface area contributed by atoms with E-state index < -0.39 is 11.9 Å². The lowest BCUT2D eigenvalue weighted by Gasteiger charge is -2.19. The first-order valence-corrected chi connectivity index (χ1v) is 8.01. The van der Waals surface area contributed by atoms with Crippen molar-refractivity contribution in [2.45, 2.75) is 39.5 Å². The molecular weight excluding hydrogens is 278 g/mol. The minimum atomic E-state index is -0.800. The molecule has 0 aliphatic carbocycles. The van der Waals surface area contributed by atoms with Crippen LogP contribution in [0.3, 0.4) is 0 Å². The Balaban J connectivity index is 1.95. The van der Waals surface area contributed by atoms with E-state index in [2.05, 4.69) is 31.2 Å². The second kappa shape index (κ2) is 6.95. The summed E-state index contributed by atoms with van der Waals surface area (Å²) in [6.45, 7) is 6.97. The van der Waals surface area contributed by atoms with Gasteiger partial charge in [0.25, 0.3) is 0 Å². The maximum atomic E-state index is 12.4. The van der Waals surface area contributed by atoms with E-state index in [4.69, 9.17) is 5.11 Å². The average Bonchev–Trinajstić information content (AvgIpc) is 2.89. The minimum Gasteiger partial charge on any atom is -0.481 e. The second-order valence-corrected chi connectivity index (χ2v) is 6.42. The van der Waals surface area contributed by atoms with E-state index in [1.54, 1.807) is 4.90 Å². The van der Waals surface area contributed by atoms with Gasteiger partial charge in [0.1, 0.15) is 0 Å². The summed E-state index contributed by atoms with van der Waals surface area (Å²) in [6.07, 6.45) is 1.44. The molecule has 3 atom stereocenters. The van der Waals surface area contributed by atoms with Gasteiger partial charge in [0.15, 0.2) is 0 Å². The van der Waals surface area contributed by atoms with Crippen molar-refractivity contribution < 1.29 is 14.7 Å². The predicted octanol–water partition coefficient (Wildman–Crippen LogP) is 2.92. The van der Waals surface area contributed by atoms with Gasteiger partial charge in [-0.2, -0.15) is 0 Å². The first-order valence-electron chi connectivity index (χ1n) is 8.01. The maximum Gasteiger partial charge on any atom is 0.308 e. The third-order valence-corrected chi connectivity index (χ3v) is 4.72. The van der Waals surface area contributed by atoms with Crippen molar-refractivity contribution in [3.8, 4) is 0 Å². The number of aryl methyl sites for hydroxylation is 1. The molecule has 0 aromatic heterocycles. The van der Waals surface area contributed by atoms with Gasteiger partial charge in [-0.05, 0) is 29.4 Å². The second-order valence-electron chi connectivity index (χ2n) is 6.42. The highest BCUT2D eigenvalue weighted by molar-refractivity contribution is 5.79. The first-order chi connectivity index (χ1) is 10.4. The summed E-state index contributed by atoms with van der Waals surface area (Å²) in [5.41, 5.74) is 2.45. The molecule has 1 fully saturated rings. The Hall–Kier alpha value is -1.84. The number of benzene rings is 1. The standard InChI is InChI=1S/C18H25NO3/c1-4-14-5-7-15(8-6-14)12(2)9-17(20)19-10-13(3)16(11-19)18(21)22/h5-8,12-13,16H,4,9-11H2,1-3H3,(H,21,22)/t12?,13-,16-/m1/s1. The van der Waals surface area contributed by atoms with Gasteiger partial charge in [-0.3, -0.25) is 9.59 Å². The number of rotatable bonds is 5. The monoisotopic (exact) mass is 303 g/mol. The lowest BCUT2D eigenvalue weighted by Crippen LogP contribution is -2.30. The summed E-state index contributed by atoms with van der Waals surface area (Å²) in [5.74, 6) is -0.991. The zero-order chi connectivity index (χ0) is 16.3. The van der Waals surface area contributed by atoms with Crippen LogP contribution < -0.4 is 0 Å². The van der Waals surface area contributed by atoms with Crippen LogP contribution in [0.1, 0.15) is 44.2 Å². The molecular formula is C18H25NO3. The molecule has 1 saturated heterocycles. The zero-order valence-electron chi connectivity index (χ0n) is 13.6. The lowest BCUT2D eigenvalue weighted by atomic mass is 9.96. The first kappa shape index (κ1) is 16.5. The fourth-order valence-electron chi connectivity index (χ4n) is 3.08. The van der Waals surface area contributed by atoms with Crippen molar-refractivity contribution in [1.82, 2.24) is 4.90 Å². The molecule has 0 saturated carbocycles. The largest absolute Gasteiger partial charge is 0.481 e. The summed E-state index contributed by atoms with van der Waals surface area (Å²) in [6, 6.07) is 8.39. The molecule has 4 nitrogen and oxygen atoms in total. The molecule has 1 N–H and O–H groups in total. The third-order valence-electron chi connectivity index (χ3n) is 4.72. The quantitative estimate of drug-likeness (QED) is 0.910. The molecule has 1 aliphatic rings. The molecule has 1 heterocycles. The summed E-state index contributed by atoms with van der Waals surface area (Å²) in [4.78, 5) is 25.3. The number of aliphatic carboxylic acids is 1. The van der Waals surface area contributed by atoms with Gasteiger partial charge < -0.3 is 10.0 Å². The Morgan fingerprint density at radius 1 is 1.27 bits per heavy atom. The molecule has 22 heavy (non-hydrogen) atoms. The van der Waals surface area contributed by atoms with Gasteiger partial charge in [-0.15, -0.1) is 0 Å². The number of carboxylic acid groups (broad SMARTS) is 1. The van der Waals surface area contributed by atoms with Crippen molar-refractivity contribution in [1.29, 1.82) is 0 Å². The Bertz CT molecular complexity index is 538. The van der Waals surface area contributed by atoms with Gasteiger partial charge in [0, 0.05) is 19.5 Å². The number of carbonyl (C=O) groups is 2. The highest BCUT2D eigenvalue weighted by Gasteiger charge is 2.37. The number of likely N-dealkylation sites (tertiary alicyclic amines) is 1. The van der Waals surface area contributed by atoms with Crippen LogP contribution >= 0.6 is 0 Å². The SMILES string of the molecule is CCc1ccc(C(C)CC(=O)N2C[C@@H](C)[C@H](C(=O)O)C2)cc1. The van der Waals surface area contributed by atoms with E-state index in [1.165, 1.54) is 5.56 Å². The summed E-state index contributed by atoms with van der Waals surface area (Å²) in [5, 5.41) is 9.15. The Morgan fingerprint density at radius 2 is 1.91 bits per heavy atom. The van der Waals surface area contributed by atoms with Crippen LogP contribution in [-0.4, -0.2) is 35.0 Å². The van der Waals surface area contributed by atoms with E-state index in [1.807, 2.05) is 13.8 Å². The van der Waals surface area contributed by atoms with E-state index in [0.29, 0.717) is 19.5 Å². The molecule has 120 valence electrons. The molecule has 1 amide bonds. The average molecular weight is 303 g/mol. The van der Waals surface area contributed by atoms with Gasteiger partial charge in [0.2, 0.25) is 5.91 Å². The molecule has 1 aromatic rings. The number of carbonyl (C=O) groups excluding carboxylic acids is 1. The van der Waals surface area contributed by atoms with Crippen molar-refractivity contribution in [2.24, 2.45) is 11.8 Å². The van der Waals surface area contributed by atoms with E-state index in [-0.39, 0.29) is 17.7 Å². The van der Waals surface area contributed by atoms with Crippen molar-refractivity contribution in [3.63, 3.8) is 0 Å². The van der Waals surface area contributed by atoms with Gasteiger partial charge in [0.05, 0.1) is 5.92 Å². The van der Waals surface area contributed by atoms with Crippen LogP contribution in [0.4, 0.5) is 0 Å². The number of carboxylic acids is 1. The predicted molar refractivity (Wildman–Crippen MR) is 85.7 cm³/mol. The normalized spacial score (nSPS) is 22.6. The number of hydrogen-bond donors (Lipinski definition) is 1. The van der Waals surface area contributed by atoms with E-state index in [9.17, 15) is 9.59 Å². The Morgan fingerprint density at radius 3 is 2.41 bits per heavy atom. The topological polar surface area (TPSA) is 57.6 Å². The van der Waals surface area contributed by atoms with E-state index in [0.717, 1.165) is 12.0 Å². The molecule has 0 bridgehead atoms. The minimum absolute atomic E-state index is 0.0283. The van der Waals surface area contributed by atoms with Crippen LogP contribution in [-0.2, 0) is 16.0 Å². The third kappa shape index (κ3) is 3.67. The van der Waals surface area contributed by atoms with Crippen LogP contribution in [0.5, 0.6) is 0 Å². The molecule has 1 aromatic carbocycles. The molecule has 1 aliphatic heterocycles. The highest BCUT2D eigenvalue weighted by Crippen LogP contribution is 2.26. The fourth-order valence-corrected chi connectivity index (χ4v) is 3.08. The summed E-state index contributed by atoms with van der Waals surface area (Å²) >= 11 is 0. The Labute approximate surface area is 132 Å². The molecule has 0 radical (unpaired) electrons. The van der Waals surface area contributed by atoms with Gasteiger partial charge in [-0.25, -0.2) is 0 Å². The zero-order valence-corrected chi connectivity index (χ0v) is 13.6. The highest BCUT2D eigenvalue weighted by atomic mass is 16.4.